The van der Waals surface area contributed by atoms with Crippen molar-refractivity contribution in [3.8, 4) is 0 Å². The Bertz CT molecular complexity index is 1630. The van der Waals surface area contributed by atoms with Gasteiger partial charge in [-0.3, -0.25) is 13.9 Å². The van der Waals surface area contributed by atoms with E-state index in [1.807, 2.05) is 56.3 Å². The van der Waals surface area contributed by atoms with Crippen molar-refractivity contribution in [1.29, 1.82) is 0 Å². The van der Waals surface area contributed by atoms with E-state index in [1.165, 1.54) is 17.0 Å². The van der Waals surface area contributed by atoms with Crippen LogP contribution in [-0.2, 0) is 32.6 Å². The zero-order valence-electron chi connectivity index (χ0n) is 24.3. The Morgan fingerprint density at radius 1 is 0.860 bits per heavy atom. The normalized spacial score (nSPS) is 11.9. The predicted molar refractivity (Wildman–Crippen MR) is 171 cm³/mol. The van der Waals surface area contributed by atoms with Crippen LogP contribution in [0.25, 0.3) is 0 Å². The van der Waals surface area contributed by atoms with Crippen molar-refractivity contribution in [2.75, 3.05) is 17.4 Å². The highest BCUT2D eigenvalue weighted by molar-refractivity contribution is 7.92. The van der Waals surface area contributed by atoms with Crippen molar-refractivity contribution in [3.63, 3.8) is 0 Å². The summed E-state index contributed by atoms with van der Waals surface area (Å²) in [6.45, 7) is 3.75. The van der Waals surface area contributed by atoms with Crippen molar-refractivity contribution >= 4 is 39.1 Å². The number of sulfonamides is 1. The lowest BCUT2D eigenvalue weighted by Crippen LogP contribution is -2.53. The second-order valence-corrected chi connectivity index (χ2v) is 12.5. The predicted octanol–water partition coefficient (Wildman–Crippen LogP) is 6.01. The first-order valence-electron chi connectivity index (χ1n) is 14.2. The van der Waals surface area contributed by atoms with Crippen molar-refractivity contribution in [1.82, 2.24) is 10.2 Å². The minimum Gasteiger partial charge on any atom is -0.354 e. The molecule has 224 valence electrons. The zero-order valence-corrected chi connectivity index (χ0v) is 25.9. The van der Waals surface area contributed by atoms with Crippen LogP contribution in [0, 0.1) is 6.92 Å². The molecule has 4 aromatic carbocycles. The lowest BCUT2D eigenvalue weighted by atomic mass is 10.0. The molecule has 9 heteroatoms. The molecule has 0 aromatic heterocycles. The number of aryl methyl sites for hydroxylation is 1. The average molecular weight is 618 g/mol. The third kappa shape index (κ3) is 8.24. The molecule has 0 spiro atoms. The molecule has 0 saturated carbocycles. The van der Waals surface area contributed by atoms with Gasteiger partial charge in [-0.2, -0.15) is 0 Å². The van der Waals surface area contributed by atoms with Crippen LogP contribution < -0.4 is 9.62 Å². The van der Waals surface area contributed by atoms with Gasteiger partial charge in [0.1, 0.15) is 12.6 Å². The second kappa shape index (κ2) is 14.8. The molecule has 2 amide bonds. The molecule has 1 N–H and O–H groups in total. The summed E-state index contributed by atoms with van der Waals surface area (Å²) in [6.07, 6.45) is 0.959. The number of carbonyl (C=O) groups is 2. The molecular formula is C34H36ClN3O4S. The van der Waals surface area contributed by atoms with E-state index < -0.39 is 28.5 Å². The van der Waals surface area contributed by atoms with Gasteiger partial charge in [0.25, 0.3) is 10.0 Å². The quantitative estimate of drug-likeness (QED) is 0.199. The number of halogens is 1. The highest BCUT2D eigenvalue weighted by atomic mass is 35.5. The highest BCUT2D eigenvalue weighted by Gasteiger charge is 2.34. The van der Waals surface area contributed by atoms with Crippen molar-refractivity contribution in [3.05, 3.63) is 131 Å². The van der Waals surface area contributed by atoms with Gasteiger partial charge in [-0.25, -0.2) is 8.42 Å². The molecule has 0 radical (unpaired) electrons. The Balaban J connectivity index is 1.80. The van der Waals surface area contributed by atoms with Crippen LogP contribution in [0.5, 0.6) is 0 Å². The van der Waals surface area contributed by atoms with Gasteiger partial charge in [0.15, 0.2) is 0 Å². The molecule has 0 fully saturated rings. The third-order valence-electron chi connectivity index (χ3n) is 7.02. The molecule has 4 rings (SSSR count). The van der Waals surface area contributed by atoms with Crippen LogP contribution in [0.1, 0.15) is 30.0 Å². The number of rotatable bonds is 13. The first-order valence-corrected chi connectivity index (χ1v) is 16.0. The molecular weight excluding hydrogens is 582 g/mol. The molecule has 7 nitrogen and oxygen atoms in total. The van der Waals surface area contributed by atoms with E-state index in [1.54, 1.807) is 54.6 Å². The molecule has 43 heavy (non-hydrogen) atoms. The molecule has 0 bridgehead atoms. The van der Waals surface area contributed by atoms with Crippen LogP contribution in [0.4, 0.5) is 5.69 Å². The van der Waals surface area contributed by atoms with E-state index in [0.717, 1.165) is 21.9 Å². The zero-order chi connectivity index (χ0) is 30.8. The molecule has 0 heterocycles. The van der Waals surface area contributed by atoms with E-state index in [0.29, 0.717) is 22.8 Å². The Kier molecular flexibility index (Phi) is 11.0. The SMILES string of the molecule is CCCNC(=O)[C@H](Cc1ccccc1)N(Cc1ccccc1Cl)C(=O)CN(c1cccc(C)c1)S(=O)(=O)c1ccccc1. The molecule has 1 atom stereocenters. The highest BCUT2D eigenvalue weighted by Crippen LogP contribution is 2.26. The fourth-order valence-electron chi connectivity index (χ4n) is 4.76. The Hall–Kier alpha value is -4.14. The molecule has 0 aliphatic rings. The minimum atomic E-state index is -4.14. The van der Waals surface area contributed by atoms with Gasteiger partial charge in [0.2, 0.25) is 11.8 Å². The van der Waals surface area contributed by atoms with Crippen LogP contribution in [-0.4, -0.2) is 44.3 Å². The maximum atomic E-state index is 14.4. The van der Waals surface area contributed by atoms with Gasteiger partial charge in [0, 0.05) is 24.5 Å². The number of benzene rings is 4. The first-order chi connectivity index (χ1) is 20.7. The summed E-state index contributed by atoms with van der Waals surface area (Å²) < 4.78 is 29.1. The lowest BCUT2D eigenvalue weighted by Gasteiger charge is -2.34. The third-order valence-corrected chi connectivity index (χ3v) is 9.18. The van der Waals surface area contributed by atoms with E-state index in [2.05, 4.69) is 5.32 Å². The number of hydrogen-bond acceptors (Lipinski definition) is 4. The standard InChI is InChI=1S/C34H36ClN3O4S/c1-3-21-36-34(40)32(23-27-14-6-4-7-15-27)37(24-28-16-10-11-20-31(28)35)33(39)25-38(29-17-12-13-26(2)22-29)43(41,42)30-18-8-5-9-19-30/h4-20,22,32H,3,21,23-25H2,1-2H3,(H,36,40)/t32-/m0/s1. The van der Waals surface area contributed by atoms with E-state index in [9.17, 15) is 18.0 Å². The van der Waals surface area contributed by atoms with Gasteiger partial charge in [-0.15, -0.1) is 0 Å². The van der Waals surface area contributed by atoms with E-state index in [4.69, 9.17) is 11.6 Å². The van der Waals surface area contributed by atoms with Crippen LogP contribution in [0.15, 0.2) is 114 Å². The average Bonchev–Trinajstić information content (AvgIpc) is 3.02. The summed E-state index contributed by atoms with van der Waals surface area (Å²) in [5.74, 6) is -0.854. The number of hydrogen-bond donors (Lipinski definition) is 1. The van der Waals surface area contributed by atoms with Crippen LogP contribution >= 0.6 is 11.6 Å². The molecule has 0 saturated heterocycles. The van der Waals surface area contributed by atoms with Gasteiger partial charge >= 0.3 is 0 Å². The summed E-state index contributed by atoms with van der Waals surface area (Å²) in [7, 11) is -4.14. The number of amides is 2. The number of anilines is 1. The minimum absolute atomic E-state index is 0.0165. The number of nitrogens with zero attached hydrogens (tertiary/aromatic N) is 2. The van der Waals surface area contributed by atoms with Gasteiger partial charge in [-0.1, -0.05) is 97.4 Å². The summed E-state index contributed by atoms with van der Waals surface area (Å²) in [5.41, 5.74) is 2.70. The Labute approximate surface area is 259 Å². The van der Waals surface area contributed by atoms with Crippen LogP contribution in [0.3, 0.4) is 0 Å². The summed E-state index contributed by atoms with van der Waals surface area (Å²) in [4.78, 5) is 29.6. The Morgan fingerprint density at radius 2 is 1.51 bits per heavy atom. The fourth-order valence-corrected chi connectivity index (χ4v) is 6.38. The summed E-state index contributed by atoms with van der Waals surface area (Å²) in [5, 5.41) is 3.38. The van der Waals surface area contributed by atoms with Crippen molar-refractivity contribution in [2.24, 2.45) is 0 Å². The summed E-state index contributed by atoms with van der Waals surface area (Å²) >= 11 is 6.53. The monoisotopic (exact) mass is 617 g/mol. The second-order valence-electron chi connectivity index (χ2n) is 10.3. The molecule has 0 unspecified atom stereocenters. The largest absolute Gasteiger partial charge is 0.354 e. The lowest BCUT2D eigenvalue weighted by molar-refractivity contribution is -0.140. The van der Waals surface area contributed by atoms with E-state index in [-0.39, 0.29) is 23.8 Å². The summed E-state index contributed by atoms with van der Waals surface area (Å²) in [6, 6.07) is 30.6. The van der Waals surface area contributed by atoms with E-state index >= 15 is 0 Å². The fraction of sp³-hybridized carbons (Fsp3) is 0.235. The van der Waals surface area contributed by atoms with Gasteiger partial charge in [0.05, 0.1) is 10.6 Å². The number of nitrogens with one attached hydrogen (secondary N) is 1. The maximum Gasteiger partial charge on any atom is 0.264 e. The van der Waals surface area contributed by atoms with Crippen LogP contribution in [0.2, 0.25) is 5.02 Å². The first kappa shape index (κ1) is 31.8. The van der Waals surface area contributed by atoms with Gasteiger partial charge < -0.3 is 10.2 Å². The molecule has 4 aromatic rings. The Morgan fingerprint density at radius 3 is 2.16 bits per heavy atom. The topological polar surface area (TPSA) is 86.8 Å². The number of carbonyl (C=O) groups excluding carboxylic acids is 2. The smallest absolute Gasteiger partial charge is 0.264 e. The van der Waals surface area contributed by atoms with Crippen molar-refractivity contribution < 1.29 is 18.0 Å². The van der Waals surface area contributed by atoms with Gasteiger partial charge in [-0.05, 0) is 60.4 Å². The van der Waals surface area contributed by atoms with Crippen molar-refractivity contribution in [2.45, 2.75) is 44.2 Å². The molecule has 0 aliphatic carbocycles. The maximum absolute atomic E-state index is 14.4. The molecule has 0 aliphatic heterocycles.